The summed E-state index contributed by atoms with van der Waals surface area (Å²) >= 11 is 0. The molecule has 0 aliphatic carbocycles. The van der Waals surface area contributed by atoms with Gasteiger partial charge in [-0.25, -0.2) is 0 Å². The van der Waals surface area contributed by atoms with Crippen molar-refractivity contribution in [1.82, 2.24) is 18.3 Å². The molecule has 12 aromatic rings. The van der Waals surface area contributed by atoms with Crippen molar-refractivity contribution in [2.24, 2.45) is 0 Å². The van der Waals surface area contributed by atoms with Crippen LogP contribution in [0.15, 0.2) is 194 Å². The third-order valence-corrected chi connectivity index (χ3v) is 12.3. The van der Waals surface area contributed by atoms with E-state index in [4.69, 9.17) is 0 Å². The number of hydrogen-bond acceptors (Lipinski definition) is 0. The van der Waals surface area contributed by atoms with E-state index < -0.39 is 0 Å². The molecule has 274 valence electrons. The van der Waals surface area contributed by atoms with E-state index in [0.717, 1.165) is 22.7 Å². The van der Waals surface area contributed by atoms with Crippen molar-refractivity contribution in [1.29, 1.82) is 0 Å². The van der Waals surface area contributed by atoms with Crippen molar-refractivity contribution in [3.63, 3.8) is 0 Å². The number of aryl methyl sites for hydroxylation is 2. The first-order chi connectivity index (χ1) is 28.6. The van der Waals surface area contributed by atoms with E-state index in [1.807, 2.05) is 0 Å². The van der Waals surface area contributed by atoms with Gasteiger partial charge in [-0.15, -0.1) is 0 Å². The quantitative estimate of drug-likeness (QED) is 0.167. The number of hydrogen-bond donors (Lipinski definition) is 0. The molecule has 0 fully saturated rings. The Bertz CT molecular complexity index is 3340. The molecule has 0 unspecified atom stereocenters. The topological polar surface area (TPSA) is 19.7 Å². The Morgan fingerprint density at radius 1 is 0.310 bits per heavy atom. The first-order valence-corrected chi connectivity index (χ1v) is 20.0. The zero-order valence-corrected chi connectivity index (χ0v) is 32.3. The summed E-state index contributed by atoms with van der Waals surface area (Å²) in [4.78, 5) is 0. The molecule has 0 saturated heterocycles. The van der Waals surface area contributed by atoms with Crippen LogP contribution >= 0.6 is 0 Å². The van der Waals surface area contributed by atoms with Crippen LogP contribution in [0.3, 0.4) is 0 Å². The minimum atomic E-state index is 1.16. The van der Waals surface area contributed by atoms with Crippen molar-refractivity contribution < 1.29 is 0 Å². The van der Waals surface area contributed by atoms with E-state index in [9.17, 15) is 0 Å². The van der Waals surface area contributed by atoms with Gasteiger partial charge in [0.25, 0.3) is 0 Å². The van der Waals surface area contributed by atoms with Crippen molar-refractivity contribution in [3.05, 3.63) is 206 Å². The average Bonchev–Trinajstić information content (AvgIpc) is 4.05. The van der Waals surface area contributed by atoms with Crippen LogP contribution in [0, 0.1) is 13.8 Å². The molecule has 0 spiro atoms. The van der Waals surface area contributed by atoms with Crippen LogP contribution in [-0.4, -0.2) is 18.3 Å². The average molecular weight is 743 g/mol. The van der Waals surface area contributed by atoms with E-state index >= 15 is 0 Å². The van der Waals surface area contributed by atoms with Gasteiger partial charge in [-0.2, -0.15) is 0 Å². The van der Waals surface area contributed by atoms with Crippen LogP contribution in [0.2, 0.25) is 0 Å². The van der Waals surface area contributed by atoms with Gasteiger partial charge in [-0.05, 0) is 109 Å². The third-order valence-electron chi connectivity index (χ3n) is 12.3. The lowest BCUT2D eigenvalue weighted by Crippen LogP contribution is -2.00. The predicted molar refractivity (Wildman–Crippen MR) is 244 cm³/mol. The maximum absolute atomic E-state index is 2.47. The largest absolute Gasteiger partial charge is 0.315 e. The molecule has 0 amide bonds. The summed E-state index contributed by atoms with van der Waals surface area (Å²) in [6.45, 7) is 4.51. The fourth-order valence-corrected chi connectivity index (χ4v) is 9.67. The lowest BCUT2D eigenvalue weighted by Gasteiger charge is -2.17. The van der Waals surface area contributed by atoms with Crippen LogP contribution in [0.1, 0.15) is 11.1 Å². The smallest absolute Gasteiger partial charge is 0.0788 e. The standard InChI is InChI=1S/C54H38N4/c1-35-33-41(57-49-19-11-9-17-45(49)47-25-21-37-29-31-55(51(37)53(47)57)39-13-5-3-6-14-39)23-27-43(35)44-28-24-42(34-36(44)2)58-50-20-12-10-18-46(50)48-26-22-38-30-32-56(52(38)54(48)58)40-15-7-4-8-16-40/h3-34H,1-2H3. The highest BCUT2D eigenvalue weighted by Gasteiger charge is 2.21. The minimum absolute atomic E-state index is 1.16. The van der Waals surface area contributed by atoms with Crippen LogP contribution in [-0.2, 0) is 0 Å². The molecule has 0 saturated carbocycles. The highest BCUT2D eigenvalue weighted by atomic mass is 15.0. The number of nitrogens with zero attached hydrogens (tertiary/aromatic N) is 4. The molecule has 12 rings (SSSR count). The summed E-state index contributed by atoms with van der Waals surface area (Å²) in [6, 6.07) is 66.5. The van der Waals surface area contributed by atoms with Gasteiger partial charge >= 0.3 is 0 Å². The van der Waals surface area contributed by atoms with E-state index in [1.165, 1.54) is 87.7 Å². The first-order valence-electron chi connectivity index (χ1n) is 20.0. The number of benzene rings is 8. The highest BCUT2D eigenvalue weighted by molar-refractivity contribution is 6.19. The third kappa shape index (κ3) is 4.69. The molecule has 58 heavy (non-hydrogen) atoms. The molecule has 8 aromatic carbocycles. The van der Waals surface area contributed by atoms with Crippen LogP contribution in [0.25, 0.3) is 99.3 Å². The molecule has 0 radical (unpaired) electrons. The fourth-order valence-electron chi connectivity index (χ4n) is 9.67. The predicted octanol–water partition coefficient (Wildman–Crippen LogP) is 14.1. The number of fused-ring (bicyclic) bond motifs is 10. The molecule has 4 aromatic heterocycles. The van der Waals surface area contributed by atoms with Gasteiger partial charge in [0.1, 0.15) is 0 Å². The monoisotopic (exact) mass is 742 g/mol. The zero-order valence-electron chi connectivity index (χ0n) is 32.3. The van der Waals surface area contributed by atoms with Gasteiger partial charge in [-0.1, -0.05) is 109 Å². The molecule has 4 nitrogen and oxygen atoms in total. The summed E-state index contributed by atoms with van der Waals surface area (Å²) in [5.41, 5.74) is 16.9. The second kappa shape index (κ2) is 12.5. The Hall–Kier alpha value is -7.56. The molecule has 0 bridgehead atoms. The fraction of sp³-hybridized carbons (Fsp3) is 0.0370. The summed E-state index contributed by atoms with van der Waals surface area (Å²) in [7, 11) is 0. The number of rotatable bonds is 5. The normalized spacial score (nSPS) is 12.0. The summed E-state index contributed by atoms with van der Waals surface area (Å²) in [5, 5.41) is 7.47. The molecule has 0 aliphatic rings. The van der Waals surface area contributed by atoms with Crippen molar-refractivity contribution >= 4 is 65.4 Å². The molecule has 0 atom stereocenters. The van der Waals surface area contributed by atoms with Crippen LogP contribution < -0.4 is 0 Å². The lowest BCUT2D eigenvalue weighted by molar-refractivity contribution is 1.11. The van der Waals surface area contributed by atoms with E-state index in [-0.39, 0.29) is 0 Å². The van der Waals surface area contributed by atoms with Gasteiger partial charge < -0.3 is 18.3 Å². The molecule has 0 aliphatic heterocycles. The Morgan fingerprint density at radius 3 is 1.16 bits per heavy atom. The summed E-state index contributed by atoms with van der Waals surface area (Å²) in [5.74, 6) is 0. The van der Waals surface area contributed by atoms with Gasteiger partial charge in [-0.3, -0.25) is 0 Å². The zero-order chi connectivity index (χ0) is 38.5. The van der Waals surface area contributed by atoms with E-state index in [0.29, 0.717) is 0 Å². The second-order valence-corrected chi connectivity index (χ2v) is 15.5. The van der Waals surface area contributed by atoms with Crippen molar-refractivity contribution in [3.8, 4) is 33.9 Å². The second-order valence-electron chi connectivity index (χ2n) is 15.5. The summed E-state index contributed by atoms with van der Waals surface area (Å²) < 4.78 is 9.60. The Kier molecular flexibility index (Phi) is 7.02. The molecular formula is C54H38N4. The first kappa shape index (κ1) is 32.7. The van der Waals surface area contributed by atoms with Crippen molar-refractivity contribution in [2.75, 3.05) is 0 Å². The Morgan fingerprint density at radius 2 is 0.724 bits per heavy atom. The van der Waals surface area contributed by atoms with Gasteiger partial charge in [0.15, 0.2) is 0 Å². The Labute approximate surface area is 335 Å². The van der Waals surface area contributed by atoms with Gasteiger partial charge in [0.2, 0.25) is 0 Å². The minimum Gasteiger partial charge on any atom is -0.315 e. The van der Waals surface area contributed by atoms with Gasteiger partial charge in [0.05, 0.1) is 33.1 Å². The molecule has 4 heteroatoms. The van der Waals surface area contributed by atoms with Crippen molar-refractivity contribution in [2.45, 2.75) is 13.8 Å². The molecule has 4 heterocycles. The van der Waals surface area contributed by atoms with E-state index in [2.05, 4.69) is 227 Å². The number of para-hydroxylation sites is 4. The highest BCUT2D eigenvalue weighted by Crippen LogP contribution is 2.41. The maximum Gasteiger partial charge on any atom is 0.0788 e. The Balaban J connectivity index is 1.02. The SMILES string of the molecule is Cc1cc(-n2c3ccccc3c3ccc4ccn(-c5ccccc5)c4c32)ccc1-c1ccc(-n2c3ccccc3c3ccc4ccn(-c5ccccc5)c4c32)cc1C. The maximum atomic E-state index is 2.47. The summed E-state index contributed by atoms with van der Waals surface area (Å²) in [6.07, 6.45) is 4.40. The molecular weight excluding hydrogens is 705 g/mol. The van der Waals surface area contributed by atoms with Gasteiger partial charge in [0, 0.05) is 67.5 Å². The molecule has 0 N–H and O–H groups in total. The number of aromatic nitrogens is 4. The lowest BCUT2D eigenvalue weighted by atomic mass is 9.95. The van der Waals surface area contributed by atoms with Crippen LogP contribution in [0.5, 0.6) is 0 Å². The van der Waals surface area contributed by atoms with E-state index in [1.54, 1.807) is 0 Å². The van der Waals surface area contributed by atoms with Crippen LogP contribution in [0.4, 0.5) is 0 Å².